The first-order chi connectivity index (χ1) is 5.49. The first-order valence-corrected chi connectivity index (χ1v) is 3.26. The Kier molecular flexibility index (Phi) is 3.76. The van der Waals surface area contributed by atoms with Gasteiger partial charge in [-0.3, -0.25) is 4.79 Å². The zero-order valence-corrected chi connectivity index (χ0v) is 6.65. The molecule has 12 heavy (non-hydrogen) atoms. The summed E-state index contributed by atoms with van der Waals surface area (Å²) in [6.07, 6.45) is 2.31. The largest absolute Gasteiger partial charge is 0.481 e. The second-order valence-electron chi connectivity index (χ2n) is 2.25. The van der Waals surface area contributed by atoms with Crippen LogP contribution in [0.5, 0.6) is 0 Å². The van der Waals surface area contributed by atoms with Gasteiger partial charge in [-0.15, -0.1) is 6.58 Å². The third kappa shape index (κ3) is 3.01. The van der Waals surface area contributed by atoms with Crippen molar-refractivity contribution in [2.45, 2.75) is 6.92 Å². The van der Waals surface area contributed by atoms with Gasteiger partial charge in [-0.05, 0) is 6.92 Å². The molecular weight excluding hydrogens is 160 g/mol. The predicted octanol–water partition coefficient (Wildman–Crippen LogP) is 0.904. The second kappa shape index (κ2) is 4.33. The SMILES string of the molecule is C=CC(C=C(C)C(=O)O)C(=O)O. The average molecular weight is 170 g/mol. The summed E-state index contributed by atoms with van der Waals surface area (Å²) in [5, 5.41) is 16.9. The Balaban J connectivity index is 4.57. The van der Waals surface area contributed by atoms with Crippen molar-refractivity contribution in [1.29, 1.82) is 0 Å². The number of hydrogen-bond acceptors (Lipinski definition) is 2. The van der Waals surface area contributed by atoms with E-state index in [2.05, 4.69) is 6.58 Å². The minimum Gasteiger partial charge on any atom is -0.481 e. The van der Waals surface area contributed by atoms with Gasteiger partial charge in [-0.1, -0.05) is 12.2 Å². The summed E-state index contributed by atoms with van der Waals surface area (Å²) in [4.78, 5) is 20.7. The van der Waals surface area contributed by atoms with Crippen LogP contribution < -0.4 is 0 Å². The molecule has 0 aliphatic heterocycles. The summed E-state index contributed by atoms with van der Waals surface area (Å²) in [6.45, 7) is 4.61. The van der Waals surface area contributed by atoms with E-state index in [-0.39, 0.29) is 5.57 Å². The van der Waals surface area contributed by atoms with Gasteiger partial charge in [0.05, 0.1) is 5.92 Å². The lowest BCUT2D eigenvalue weighted by atomic mass is 10.1. The molecule has 2 N–H and O–H groups in total. The summed E-state index contributed by atoms with van der Waals surface area (Å²) < 4.78 is 0. The van der Waals surface area contributed by atoms with E-state index in [4.69, 9.17) is 10.2 Å². The van der Waals surface area contributed by atoms with E-state index in [0.717, 1.165) is 6.08 Å². The van der Waals surface area contributed by atoms with Gasteiger partial charge >= 0.3 is 11.9 Å². The lowest BCUT2D eigenvalue weighted by molar-refractivity contribution is -0.138. The molecular formula is C8H10O4. The molecule has 0 aromatic rings. The Bertz CT molecular complexity index is 239. The molecule has 1 atom stereocenters. The second-order valence-corrected chi connectivity index (χ2v) is 2.25. The van der Waals surface area contributed by atoms with Gasteiger partial charge in [0, 0.05) is 5.57 Å². The van der Waals surface area contributed by atoms with Gasteiger partial charge < -0.3 is 10.2 Å². The normalized spacial score (nSPS) is 13.6. The predicted molar refractivity (Wildman–Crippen MR) is 42.7 cm³/mol. The van der Waals surface area contributed by atoms with Crippen LogP contribution in [0.1, 0.15) is 6.92 Å². The molecule has 4 heteroatoms. The van der Waals surface area contributed by atoms with E-state index >= 15 is 0 Å². The van der Waals surface area contributed by atoms with Crippen molar-refractivity contribution in [2.75, 3.05) is 0 Å². The summed E-state index contributed by atoms with van der Waals surface area (Å²) >= 11 is 0. The van der Waals surface area contributed by atoms with Crippen molar-refractivity contribution in [1.82, 2.24) is 0 Å². The lowest BCUT2D eigenvalue weighted by Gasteiger charge is -2.00. The molecule has 4 nitrogen and oxygen atoms in total. The van der Waals surface area contributed by atoms with Crippen LogP contribution in [0.4, 0.5) is 0 Å². The maximum atomic E-state index is 10.4. The van der Waals surface area contributed by atoms with E-state index in [1.165, 1.54) is 13.0 Å². The van der Waals surface area contributed by atoms with Gasteiger partial charge in [0.1, 0.15) is 0 Å². The Hall–Kier alpha value is -1.58. The van der Waals surface area contributed by atoms with Gasteiger partial charge in [0.15, 0.2) is 0 Å². The van der Waals surface area contributed by atoms with Crippen LogP contribution in [-0.2, 0) is 9.59 Å². The first-order valence-electron chi connectivity index (χ1n) is 3.26. The smallest absolute Gasteiger partial charge is 0.330 e. The zero-order chi connectivity index (χ0) is 9.72. The van der Waals surface area contributed by atoms with Crippen molar-refractivity contribution >= 4 is 11.9 Å². The molecule has 0 rings (SSSR count). The zero-order valence-electron chi connectivity index (χ0n) is 6.65. The van der Waals surface area contributed by atoms with Crippen LogP contribution in [-0.4, -0.2) is 22.2 Å². The quantitative estimate of drug-likeness (QED) is 0.485. The molecule has 0 radical (unpaired) electrons. The molecule has 0 aromatic carbocycles. The van der Waals surface area contributed by atoms with Crippen LogP contribution in [0.2, 0.25) is 0 Å². The Morgan fingerprint density at radius 2 is 1.92 bits per heavy atom. The van der Waals surface area contributed by atoms with E-state index in [9.17, 15) is 9.59 Å². The van der Waals surface area contributed by atoms with Crippen LogP contribution in [0, 0.1) is 5.92 Å². The van der Waals surface area contributed by atoms with E-state index < -0.39 is 17.9 Å². The monoisotopic (exact) mass is 170 g/mol. The average Bonchev–Trinajstić information content (AvgIpc) is 1.98. The van der Waals surface area contributed by atoms with E-state index in [1.807, 2.05) is 0 Å². The van der Waals surface area contributed by atoms with E-state index in [0.29, 0.717) is 0 Å². The Labute approximate surface area is 69.8 Å². The number of rotatable bonds is 4. The molecule has 0 spiro atoms. The number of carboxylic acids is 2. The number of carbonyl (C=O) groups is 2. The Morgan fingerprint density at radius 1 is 1.42 bits per heavy atom. The summed E-state index contributed by atoms with van der Waals surface area (Å²) in [5.74, 6) is -3.16. The van der Waals surface area contributed by atoms with Gasteiger partial charge in [0.2, 0.25) is 0 Å². The maximum absolute atomic E-state index is 10.4. The molecule has 0 saturated carbocycles. The molecule has 0 heterocycles. The molecule has 1 unspecified atom stereocenters. The molecule has 0 amide bonds. The van der Waals surface area contributed by atoms with Crippen molar-refractivity contribution in [3.05, 3.63) is 24.3 Å². The van der Waals surface area contributed by atoms with E-state index in [1.54, 1.807) is 0 Å². The van der Waals surface area contributed by atoms with Crippen molar-refractivity contribution in [3.8, 4) is 0 Å². The third-order valence-electron chi connectivity index (χ3n) is 1.31. The maximum Gasteiger partial charge on any atom is 0.330 e. The summed E-state index contributed by atoms with van der Waals surface area (Å²) in [5.41, 5.74) is 0.00213. The standard InChI is InChI=1S/C8H10O4/c1-3-6(8(11)12)4-5(2)7(9)10/h3-4,6H,1H2,2H3,(H,9,10)(H,11,12). The van der Waals surface area contributed by atoms with Gasteiger partial charge in [0.25, 0.3) is 0 Å². The summed E-state index contributed by atoms with van der Waals surface area (Å²) in [7, 11) is 0. The lowest BCUT2D eigenvalue weighted by Crippen LogP contribution is -2.10. The first kappa shape index (κ1) is 10.4. The van der Waals surface area contributed by atoms with Crippen molar-refractivity contribution in [2.24, 2.45) is 5.92 Å². The van der Waals surface area contributed by atoms with Crippen LogP contribution in [0.25, 0.3) is 0 Å². The van der Waals surface area contributed by atoms with Crippen LogP contribution in [0.15, 0.2) is 24.3 Å². The third-order valence-corrected chi connectivity index (χ3v) is 1.31. The molecule has 0 fully saturated rings. The highest BCUT2D eigenvalue weighted by Crippen LogP contribution is 2.05. The topological polar surface area (TPSA) is 74.6 Å². The molecule has 66 valence electrons. The molecule has 0 saturated heterocycles. The van der Waals surface area contributed by atoms with Gasteiger partial charge in [-0.2, -0.15) is 0 Å². The number of aliphatic carboxylic acids is 2. The minimum atomic E-state index is -1.12. The van der Waals surface area contributed by atoms with Gasteiger partial charge in [-0.25, -0.2) is 4.79 Å². The van der Waals surface area contributed by atoms with Crippen molar-refractivity contribution < 1.29 is 19.8 Å². The highest BCUT2D eigenvalue weighted by Gasteiger charge is 2.11. The molecule has 0 bridgehead atoms. The highest BCUT2D eigenvalue weighted by atomic mass is 16.4. The number of carboxylic acid groups (broad SMARTS) is 2. The number of hydrogen-bond donors (Lipinski definition) is 2. The van der Waals surface area contributed by atoms with Crippen molar-refractivity contribution in [3.63, 3.8) is 0 Å². The van der Waals surface area contributed by atoms with Crippen LogP contribution in [0.3, 0.4) is 0 Å². The Morgan fingerprint density at radius 3 is 2.17 bits per heavy atom. The fourth-order valence-electron chi connectivity index (χ4n) is 0.581. The molecule has 0 aliphatic rings. The minimum absolute atomic E-state index is 0.00213. The molecule has 0 aliphatic carbocycles. The van der Waals surface area contributed by atoms with Crippen LogP contribution >= 0.6 is 0 Å². The fourth-order valence-corrected chi connectivity index (χ4v) is 0.581. The molecule has 0 aromatic heterocycles. The highest BCUT2D eigenvalue weighted by molar-refractivity contribution is 5.87. The summed E-state index contributed by atoms with van der Waals surface area (Å²) in [6, 6.07) is 0. The fraction of sp³-hybridized carbons (Fsp3) is 0.250.